The molecule has 2 aliphatic rings. The molecule has 0 fully saturated rings. The van der Waals surface area contributed by atoms with Gasteiger partial charge in [-0.25, -0.2) is 14.8 Å². The molecule has 2 aliphatic heterocycles. The number of urea groups is 1. The van der Waals surface area contributed by atoms with Crippen molar-refractivity contribution in [1.29, 1.82) is 0 Å². The van der Waals surface area contributed by atoms with Crippen LogP contribution in [0.5, 0.6) is 0 Å². The van der Waals surface area contributed by atoms with Crippen molar-refractivity contribution in [2.45, 2.75) is 19.1 Å². The van der Waals surface area contributed by atoms with Crippen molar-refractivity contribution >= 4 is 24.3 Å². The number of hydrogen-bond acceptors (Lipinski definition) is 5. The van der Waals surface area contributed by atoms with E-state index < -0.39 is 5.79 Å². The lowest BCUT2D eigenvalue weighted by atomic mass is 10.1. The Morgan fingerprint density at radius 2 is 2.11 bits per heavy atom. The van der Waals surface area contributed by atoms with E-state index in [1.165, 1.54) is 25.2 Å². The maximum absolute atomic E-state index is 12.0. The second-order valence-electron chi connectivity index (χ2n) is 3.96. The maximum Gasteiger partial charge on any atom is 0.347 e. The third kappa shape index (κ3) is 1.25. The summed E-state index contributed by atoms with van der Waals surface area (Å²) in [5, 5.41) is 7.55. The third-order valence-corrected chi connectivity index (χ3v) is 2.91. The summed E-state index contributed by atoms with van der Waals surface area (Å²) in [4.78, 5) is 25.9. The molecule has 18 heavy (non-hydrogen) atoms. The number of fused-ring (bicyclic) bond motifs is 1. The van der Waals surface area contributed by atoms with E-state index in [0.29, 0.717) is 12.3 Å². The summed E-state index contributed by atoms with van der Waals surface area (Å²) in [7, 11) is 0. The molecule has 0 saturated heterocycles. The Balaban J connectivity index is 2.17. The molecule has 3 rings (SSSR count). The Morgan fingerprint density at radius 3 is 2.83 bits per heavy atom. The number of carbonyl (C=O) groups excluding carboxylic acids is 1. The van der Waals surface area contributed by atoms with E-state index in [2.05, 4.69) is 25.2 Å². The maximum atomic E-state index is 12.0. The van der Waals surface area contributed by atoms with Gasteiger partial charge in [-0.1, -0.05) is 6.92 Å². The molecule has 1 aromatic rings. The zero-order valence-electron chi connectivity index (χ0n) is 9.76. The first-order valence-corrected chi connectivity index (χ1v) is 5.62. The molecule has 8 heteroatoms. The van der Waals surface area contributed by atoms with Crippen LogP contribution < -0.4 is 0 Å². The van der Waals surface area contributed by atoms with Crippen LogP contribution in [-0.2, 0) is 5.79 Å². The Morgan fingerprint density at radius 1 is 1.33 bits per heavy atom. The van der Waals surface area contributed by atoms with Crippen LogP contribution in [0.15, 0.2) is 27.6 Å². The molecule has 0 aromatic carbocycles. The van der Waals surface area contributed by atoms with Crippen LogP contribution in [0, 0.1) is 0 Å². The molecular weight excluding hydrogens is 234 g/mol. The lowest BCUT2D eigenvalue weighted by molar-refractivity contribution is 0.121. The zero-order valence-corrected chi connectivity index (χ0v) is 9.76. The minimum absolute atomic E-state index is 0.330. The molecule has 0 bridgehead atoms. The van der Waals surface area contributed by atoms with E-state index in [4.69, 9.17) is 0 Å². The average molecular weight is 245 g/mol. The molecule has 0 radical (unpaired) electrons. The van der Waals surface area contributed by atoms with Gasteiger partial charge in [0.25, 0.3) is 5.79 Å². The standard InChI is InChI=1S/C10H11N7O/c1-2-3-17-9(18)11-4-8-10(17,13-5-12-8)16-6-14-15-7-16/h4-7H,2-3H2,1H3. The van der Waals surface area contributed by atoms with Crippen molar-refractivity contribution in [3.05, 3.63) is 12.7 Å². The van der Waals surface area contributed by atoms with E-state index in [1.54, 1.807) is 9.47 Å². The van der Waals surface area contributed by atoms with Gasteiger partial charge in [0.05, 0.1) is 6.21 Å². The van der Waals surface area contributed by atoms with Gasteiger partial charge in [0.15, 0.2) is 0 Å². The van der Waals surface area contributed by atoms with Gasteiger partial charge >= 0.3 is 6.03 Å². The minimum atomic E-state index is -1.00. The van der Waals surface area contributed by atoms with Gasteiger partial charge in [-0.2, -0.15) is 4.99 Å². The monoisotopic (exact) mass is 245 g/mol. The van der Waals surface area contributed by atoms with Gasteiger partial charge in [-0.05, 0) is 6.42 Å². The normalized spacial score (nSPS) is 25.5. The highest BCUT2D eigenvalue weighted by molar-refractivity contribution is 6.39. The quantitative estimate of drug-likeness (QED) is 0.766. The summed E-state index contributed by atoms with van der Waals surface area (Å²) >= 11 is 0. The predicted octanol–water partition coefficient (Wildman–Crippen LogP) is 0.288. The average Bonchev–Trinajstić information content (AvgIpc) is 3.01. The number of nitrogens with zero attached hydrogens (tertiary/aromatic N) is 7. The lowest BCUT2D eigenvalue weighted by Crippen LogP contribution is -2.58. The lowest BCUT2D eigenvalue weighted by Gasteiger charge is -2.39. The Kier molecular flexibility index (Phi) is 2.29. The van der Waals surface area contributed by atoms with Crippen molar-refractivity contribution in [2.24, 2.45) is 15.0 Å². The summed E-state index contributed by atoms with van der Waals surface area (Å²) in [6, 6.07) is -0.330. The summed E-state index contributed by atoms with van der Waals surface area (Å²) in [6.45, 7) is 2.52. The Bertz CT molecular complexity index is 559. The Hall–Kier alpha value is -2.38. The molecular formula is C10H11N7O. The second-order valence-corrected chi connectivity index (χ2v) is 3.96. The topological polar surface area (TPSA) is 88.1 Å². The number of aliphatic imine (C=N–C) groups is 3. The number of carbonyl (C=O) groups is 1. The number of rotatable bonds is 3. The SMILES string of the molecule is CCCN1C(=O)N=CC2=NC=NC21n1cnnc1. The van der Waals surface area contributed by atoms with Crippen molar-refractivity contribution in [2.75, 3.05) is 6.54 Å². The molecule has 1 unspecified atom stereocenters. The highest BCUT2D eigenvalue weighted by Gasteiger charge is 2.49. The highest BCUT2D eigenvalue weighted by Crippen LogP contribution is 2.31. The first-order valence-electron chi connectivity index (χ1n) is 5.62. The summed E-state index contributed by atoms with van der Waals surface area (Å²) in [5.74, 6) is -1.00. The van der Waals surface area contributed by atoms with Crippen LogP contribution in [0.25, 0.3) is 0 Å². The molecule has 92 valence electrons. The van der Waals surface area contributed by atoms with Gasteiger partial charge in [-0.3, -0.25) is 9.47 Å². The summed E-state index contributed by atoms with van der Waals surface area (Å²) < 4.78 is 1.66. The van der Waals surface area contributed by atoms with Gasteiger partial charge in [0, 0.05) is 6.54 Å². The molecule has 0 N–H and O–H groups in total. The fourth-order valence-electron chi connectivity index (χ4n) is 2.15. The van der Waals surface area contributed by atoms with Gasteiger partial charge in [-0.15, -0.1) is 10.2 Å². The van der Waals surface area contributed by atoms with E-state index >= 15 is 0 Å². The van der Waals surface area contributed by atoms with E-state index in [9.17, 15) is 4.79 Å². The predicted molar refractivity (Wildman–Crippen MR) is 64.8 cm³/mol. The van der Waals surface area contributed by atoms with Crippen LogP contribution in [0.3, 0.4) is 0 Å². The molecule has 1 aromatic heterocycles. The van der Waals surface area contributed by atoms with Crippen LogP contribution in [0.4, 0.5) is 4.79 Å². The van der Waals surface area contributed by atoms with Crippen LogP contribution in [-0.4, -0.2) is 50.5 Å². The molecule has 1 atom stereocenters. The van der Waals surface area contributed by atoms with E-state index in [-0.39, 0.29) is 6.03 Å². The number of aromatic nitrogens is 3. The smallest absolute Gasteiger partial charge is 0.275 e. The van der Waals surface area contributed by atoms with Crippen molar-refractivity contribution in [3.8, 4) is 0 Å². The van der Waals surface area contributed by atoms with Crippen molar-refractivity contribution in [3.63, 3.8) is 0 Å². The highest BCUT2D eigenvalue weighted by atomic mass is 16.2. The van der Waals surface area contributed by atoms with Crippen LogP contribution >= 0.6 is 0 Å². The molecule has 2 amide bonds. The van der Waals surface area contributed by atoms with Gasteiger partial charge in [0.2, 0.25) is 0 Å². The largest absolute Gasteiger partial charge is 0.347 e. The first kappa shape index (κ1) is 10.8. The van der Waals surface area contributed by atoms with E-state index in [1.807, 2.05) is 6.92 Å². The summed E-state index contributed by atoms with van der Waals surface area (Å²) in [6.07, 6.45) is 6.72. The van der Waals surface area contributed by atoms with Gasteiger partial charge in [0.1, 0.15) is 24.7 Å². The fourth-order valence-corrected chi connectivity index (χ4v) is 2.15. The fraction of sp³-hybridized carbons (Fsp3) is 0.400. The molecule has 8 nitrogen and oxygen atoms in total. The zero-order chi connectivity index (χ0) is 12.6. The molecule has 0 spiro atoms. The van der Waals surface area contributed by atoms with Crippen molar-refractivity contribution < 1.29 is 4.79 Å². The first-order chi connectivity index (χ1) is 8.79. The second kappa shape index (κ2) is 3.83. The third-order valence-electron chi connectivity index (χ3n) is 2.91. The molecule has 0 aliphatic carbocycles. The molecule has 0 saturated carbocycles. The summed E-state index contributed by atoms with van der Waals surface area (Å²) in [5.41, 5.74) is 0.593. The van der Waals surface area contributed by atoms with Crippen LogP contribution in [0.2, 0.25) is 0 Å². The Labute approximate surface area is 103 Å². The number of amides is 2. The molecule has 3 heterocycles. The van der Waals surface area contributed by atoms with Crippen molar-refractivity contribution in [1.82, 2.24) is 19.7 Å². The minimum Gasteiger partial charge on any atom is -0.275 e. The number of hydrogen-bond donors (Lipinski definition) is 0. The van der Waals surface area contributed by atoms with Crippen LogP contribution in [0.1, 0.15) is 13.3 Å². The van der Waals surface area contributed by atoms with E-state index in [0.717, 1.165) is 6.42 Å². The van der Waals surface area contributed by atoms with Gasteiger partial charge < -0.3 is 0 Å².